The van der Waals surface area contributed by atoms with Crippen LogP contribution in [0.3, 0.4) is 0 Å². The zero-order chi connectivity index (χ0) is 14.0. The van der Waals surface area contributed by atoms with Gasteiger partial charge in [-0.05, 0) is 29.8 Å². The highest BCUT2D eigenvalue weighted by atomic mass is 19.1. The number of hydrogen-bond acceptors (Lipinski definition) is 1. The first kappa shape index (κ1) is 13.5. The molecule has 0 fully saturated rings. The van der Waals surface area contributed by atoms with E-state index in [0.29, 0.717) is 6.07 Å². The Morgan fingerprint density at radius 1 is 0.895 bits per heavy atom. The second-order valence-electron chi connectivity index (χ2n) is 4.12. The standard InChI is InChI=1S/C14H10F4O/c15-9-4-8(5-10(16)6-9)14(19)7-11-12(17)2-1-3-13(11)18/h1-6,14,19H,7H2. The highest BCUT2D eigenvalue weighted by Crippen LogP contribution is 2.23. The van der Waals surface area contributed by atoms with Crippen LogP contribution in [0.2, 0.25) is 0 Å². The Hall–Kier alpha value is -1.88. The summed E-state index contributed by atoms with van der Waals surface area (Å²) in [6.07, 6.45) is -1.79. The molecular formula is C14H10F4O. The van der Waals surface area contributed by atoms with E-state index in [9.17, 15) is 22.7 Å². The van der Waals surface area contributed by atoms with Crippen molar-refractivity contribution >= 4 is 0 Å². The molecule has 1 atom stereocenters. The van der Waals surface area contributed by atoms with E-state index in [1.165, 1.54) is 6.07 Å². The van der Waals surface area contributed by atoms with Gasteiger partial charge in [0.05, 0.1) is 6.10 Å². The average Bonchev–Trinajstić information content (AvgIpc) is 2.32. The van der Waals surface area contributed by atoms with Crippen LogP contribution in [0.15, 0.2) is 36.4 Å². The summed E-state index contributed by atoms with van der Waals surface area (Å²) in [7, 11) is 0. The van der Waals surface area contributed by atoms with Crippen molar-refractivity contribution in [3.8, 4) is 0 Å². The van der Waals surface area contributed by atoms with Gasteiger partial charge in [-0.15, -0.1) is 0 Å². The van der Waals surface area contributed by atoms with Crippen LogP contribution in [0, 0.1) is 23.3 Å². The number of rotatable bonds is 3. The molecular weight excluding hydrogens is 260 g/mol. The monoisotopic (exact) mass is 270 g/mol. The summed E-state index contributed by atoms with van der Waals surface area (Å²) in [5.74, 6) is -3.34. The number of hydrogen-bond donors (Lipinski definition) is 1. The molecule has 0 heterocycles. The summed E-state index contributed by atoms with van der Waals surface area (Å²) in [6, 6.07) is 5.80. The highest BCUT2D eigenvalue weighted by molar-refractivity contribution is 5.25. The van der Waals surface area contributed by atoms with E-state index >= 15 is 0 Å². The van der Waals surface area contributed by atoms with Crippen molar-refractivity contribution in [3.05, 3.63) is 70.8 Å². The second-order valence-corrected chi connectivity index (χ2v) is 4.12. The van der Waals surface area contributed by atoms with Gasteiger partial charge in [-0.2, -0.15) is 0 Å². The van der Waals surface area contributed by atoms with Crippen LogP contribution in [0.5, 0.6) is 0 Å². The average molecular weight is 270 g/mol. The Labute approximate surface area is 107 Å². The first-order valence-electron chi connectivity index (χ1n) is 5.54. The first-order chi connectivity index (χ1) is 8.97. The van der Waals surface area contributed by atoms with Gasteiger partial charge in [0.15, 0.2) is 0 Å². The summed E-state index contributed by atoms with van der Waals surface area (Å²) in [5.41, 5.74) is -0.389. The van der Waals surface area contributed by atoms with Crippen molar-refractivity contribution in [2.24, 2.45) is 0 Å². The van der Waals surface area contributed by atoms with Gasteiger partial charge in [0.25, 0.3) is 0 Å². The fourth-order valence-electron chi connectivity index (χ4n) is 1.81. The van der Waals surface area contributed by atoms with E-state index in [4.69, 9.17) is 0 Å². The number of aliphatic hydroxyl groups is 1. The zero-order valence-corrected chi connectivity index (χ0v) is 9.71. The molecule has 0 aliphatic carbocycles. The van der Waals surface area contributed by atoms with Crippen LogP contribution in [-0.2, 0) is 6.42 Å². The summed E-state index contributed by atoms with van der Waals surface area (Å²) < 4.78 is 52.7. The third-order valence-corrected chi connectivity index (χ3v) is 2.73. The maximum absolute atomic E-state index is 13.4. The first-order valence-corrected chi connectivity index (χ1v) is 5.54. The van der Waals surface area contributed by atoms with Crippen molar-refractivity contribution in [1.29, 1.82) is 0 Å². The van der Waals surface area contributed by atoms with Crippen LogP contribution in [0.1, 0.15) is 17.2 Å². The lowest BCUT2D eigenvalue weighted by atomic mass is 10.0. The Morgan fingerprint density at radius 3 is 1.95 bits per heavy atom. The van der Waals surface area contributed by atoms with Gasteiger partial charge in [0.2, 0.25) is 0 Å². The van der Waals surface area contributed by atoms with E-state index in [0.717, 1.165) is 24.3 Å². The Morgan fingerprint density at radius 2 is 1.42 bits per heavy atom. The molecule has 0 aromatic heterocycles. The lowest BCUT2D eigenvalue weighted by Gasteiger charge is -2.12. The van der Waals surface area contributed by atoms with Crippen molar-refractivity contribution in [2.45, 2.75) is 12.5 Å². The molecule has 1 nitrogen and oxygen atoms in total. The summed E-state index contributed by atoms with van der Waals surface area (Å²) in [5, 5.41) is 9.81. The smallest absolute Gasteiger partial charge is 0.129 e. The maximum Gasteiger partial charge on any atom is 0.129 e. The molecule has 0 saturated heterocycles. The van der Waals surface area contributed by atoms with Gasteiger partial charge in [-0.3, -0.25) is 0 Å². The van der Waals surface area contributed by atoms with Gasteiger partial charge in [-0.25, -0.2) is 17.6 Å². The molecule has 0 amide bonds. The van der Waals surface area contributed by atoms with Crippen molar-refractivity contribution in [1.82, 2.24) is 0 Å². The van der Waals surface area contributed by atoms with Gasteiger partial charge >= 0.3 is 0 Å². The zero-order valence-electron chi connectivity index (χ0n) is 9.71. The van der Waals surface area contributed by atoms with Crippen LogP contribution in [-0.4, -0.2) is 5.11 Å². The lowest BCUT2D eigenvalue weighted by molar-refractivity contribution is 0.174. The van der Waals surface area contributed by atoms with Gasteiger partial charge < -0.3 is 5.11 Å². The fourth-order valence-corrected chi connectivity index (χ4v) is 1.81. The van der Waals surface area contributed by atoms with Crippen LogP contribution in [0.25, 0.3) is 0 Å². The van der Waals surface area contributed by atoms with Crippen molar-refractivity contribution < 1.29 is 22.7 Å². The molecule has 2 aromatic rings. The Kier molecular flexibility index (Phi) is 3.85. The molecule has 1 N–H and O–H groups in total. The molecule has 0 saturated carbocycles. The molecule has 0 radical (unpaired) electrons. The van der Waals surface area contributed by atoms with Gasteiger partial charge in [0, 0.05) is 18.1 Å². The third-order valence-electron chi connectivity index (χ3n) is 2.73. The molecule has 2 aromatic carbocycles. The molecule has 0 bridgehead atoms. The molecule has 1 unspecified atom stereocenters. The number of benzene rings is 2. The largest absolute Gasteiger partial charge is 0.388 e. The Balaban J connectivity index is 2.28. The van der Waals surface area contributed by atoms with Crippen LogP contribution >= 0.6 is 0 Å². The highest BCUT2D eigenvalue weighted by Gasteiger charge is 2.16. The Bertz CT molecular complexity index is 557. The quantitative estimate of drug-likeness (QED) is 0.846. The SMILES string of the molecule is OC(Cc1c(F)cccc1F)c1cc(F)cc(F)c1. The topological polar surface area (TPSA) is 20.2 Å². The molecule has 0 aliphatic rings. The molecule has 2 rings (SSSR count). The lowest BCUT2D eigenvalue weighted by Crippen LogP contribution is -2.06. The van der Waals surface area contributed by atoms with Crippen molar-refractivity contribution in [2.75, 3.05) is 0 Å². The van der Waals surface area contributed by atoms with E-state index in [2.05, 4.69) is 0 Å². The minimum Gasteiger partial charge on any atom is -0.388 e. The molecule has 100 valence electrons. The maximum atomic E-state index is 13.4. The predicted molar refractivity (Wildman–Crippen MR) is 61.4 cm³/mol. The predicted octanol–water partition coefficient (Wildman–Crippen LogP) is 3.52. The fraction of sp³-hybridized carbons (Fsp3) is 0.143. The van der Waals surface area contributed by atoms with E-state index < -0.39 is 35.8 Å². The summed E-state index contributed by atoms with van der Waals surface area (Å²) in [4.78, 5) is 0. The number of aliphatic hydroxyl groups excluding tert-OH is 1. The molecule has 19 heavy (non-hydrogen) atoms. The van der Waals surface area contributed by atoms with Crippen molar-refractivity contribution in [3.63, 3.8) is 0 Å². The van der Waals surface area contributed by atoms with E-state index in [1.54, 1.807) is 0 Å². The summed E-state index contributed by atoms with van der Waals surface area (Å²) >= 11 is 0. The molecule has 0 aliphatic heterocycles. The number of halogens is 4. The molecule has 0 spiro atoms. The van der Waals surface area contributed by atoms with E-state index in [1.807, 2.05) is 0 Å². The minimum absolute atomic E-state index is 0.0693. The second kappa shape index (κ2) is 5.40. The van der Waals surface area contributed by atoms with Crippen LogP contribution < -0.4 is 0 Å². The third kappa shape index (κ3) is 3.12. The van der Waals surface area contributed by atoms with Gasteiger partial charge in [0.1, 0.15) is 23.3 Å². The normalized spacial score (nSPS) is 12.5. The van der Waals surface area contributed by atoms with Crippen LogP contribution in [0.4, 0.5) is 17.6 Å². The van der Waals surface area contributed by atoms with E-state index in [-0.39, 0.29) is 11.1 Å². The molecule has 5 heteroatoms. The summed E-state index contributed by atoms with van der Waals surface area (Å²) in [6.45, 7) is 0. The van der Waals surface area contributed by atoms with Gasteiger partial charge in [-0.1, -0.05) is 6.07 Å². The minimum atomic E-state index is -1.39.